The van der Waals surface area contributed by atoms with Crippen LogP contribution < -0.4 is 0 Å². The largest absolute Gasteiger partial charge is 0.452 e. The van der Waals surface area contributed by atoms with Crippen molar-refractivity contribution in [2.24, 2.45) is 0 Å². The first-order chi connectivity index (χ1) is 9.16. The molecule has 0 amide bonds. The predicted molar refractivity (Wildman–Crippen MR) is 73.6 cm³/mol. The Kier molecular flexibility index (Phi) is 2.84. The summed E-state index contributed by atoms with van der Waals surface area (Å²) in [5.41, 5.74) is 1.81. The van der Waals surface area contributed by atoms with E-state index >= 15 is 0 Å². The zero-order valence-corrected chi connectivity index (χ0v) is 10.9. The maximum atomic E-state index is 12.3. The highest BCUT2D eigenvalue weighted by Gasteiger charge is 2.19. The van der Waals surface area contributed by atoms with Crippen LogP contribution in [-0.2, 0) is 0 Å². The highest BCUT2D eigenvalue weighted by Crippen LogP contribution is 2.28. The standard InChI is InChI=1S/C15H10ClNO2/c1-9-11-8-10(16)5-6-13(11)19-15(9)14(18)12-4-2-3-7-17-12/h2-8H,1H3. The number of carbonyl (C=O) groups is 1. The Morgan fingerprint density at radius 3 is 2.84 bits per heavy atom. The SMILES string of the molecule is Cc1c(C(=O)c2ccccn2)oc2ccc(Cl)cc12. The van der Waals surface area contributed by atoms with Gasteiger partial charge in [-0.25, -0.2) is 0 Å². The van der Waals surface area contributed by atoms with Gasteiger partial charge in [0.2, 0.25) is 5.78 Å². The average Bonchev–Trinajstić information content (AvgIpc) is 2.76. The van der Waals surface area contributed by atoms with Gasteiger partial charge in [-0.05, 0) is 37.3 Å². The second-order valence-electron chi connectivity index (χ2n) is 4.24. The van der Waals surface area contributed by atoms with Crippen molar-refractivity contribution in [2.45, 2.75) is 6.92 Å². The molecule has 0 spiro atoms. The van der Waals surface area contributed by atoms with Gasteiger partial charge in [-0.15, -0.1) is 0 Å². The summed E-state index contributed by atoms with van der Waals surface area (Å²) in [7, 11) is 0. The molecule has 2 aromatic heterocycles. The molecule has 2 heterocycles. The van der Waals surface area contributed by atoms with Gasteiger partial charge in [0.25, 0.3) is 0 Å². The molecule has 0 aliphatic carbocycles. The van der Waals surface area contributed by atoms with Crippen LogP contribution in [0.1, 0.15) is 21.8 Å². The molecule has 0 saturated carbocycles. The minimum Gasteiger partial charge on any atom is -0.452 e. The van der Waals surface area contributed by atoms with Crippen LogP contribution in [0.15, 0.2) is 47.0 Å². The van der Waals surface area contributed by atoms with Crippen molar-refractivity contribution in [3.05, 3.63) is 64.6 Å². The first kappa shape index (κ1) is 11.9. The van der Waals surface area contributed by atoms with Gasteiger partial charge in [-0.2, -0.15) is 0 Å². The Hall–Kier alpha value is -2.13. The molecule has 0 atom stereocenters. The van der Waals surface area contributed by atoms with E-state index < -0.39 is 0 Å². The first-order valence-corrected chi connectivity index (χ1v) is 6.19. The van der Waals surface area contributed by atoms with E-state index in [9.17, 15) is 4.79 Å². The highest BCUT2D eigenvalue weighted by atomic mass is 35.5. The third-order valence-corrected chi connectivity index (χ3v) is 3.24. The van der Waals surface area contributed by atoms with E-state index in [1.165, 1.54) is 0 Å². The molecule has 3 aromatic rings. The summed E-state index contributed by atoms with van der Waals surface area (Å²) in [5.74, 6) is 0.0985. The number of furan rings is 1. The normalized spacial score (nSPS) is 10.8. The van der Waals surface area contributed by atoms with Crippen molar-refractivity contribution in [3.63, 3.8) is 0 Å². The molecule has 0 aliphatic heterocycles. The number of ketones is 1. The van der Waals surface area contributed by atoms with Gasteiger partial charge in [0, 0.05) is 22.2 Å². The molecule has 19 heavy (non-hydrogen) atoms. The fourth-order valence-electron chi connectivity index (χ4n) is 2.02. The lowest BCUT2D eigenvalue weighted by Gasteiger charge is -1.97. The summed E-state index contributed by atoms with van der Waals surface area (Å²) < 4.78 is 5.62. The van der Waals surface area contributed by atoms with Crippen LogP contribution in [0.3, 0.4) is 0 Å². The second-order valence-corrected chi connectivity index (χ2v) is 4.68. The van der Waals surface area contributed by atoms with Crippen LogP contribution in [-0.4, -0.2) is 10.8 Å². The number of hydrogen-bond donors (Lipinski definition) is 0. The fourth-order valence-corrected chi connectivity index (χ4v) is 2.20. The first-order valence-electron chi connectivity index (χ1n) is 5.81. The molecular formula is C15H10ClNO2. The zero-order chi connectivity index (χ0) is 13.4. The van der Waals surface area contributed by atoms with E-state index in [-0.39, 0.29) is 5.78 Å². The molecule has 0 radical (unpaired) electrons. The van der Waals surface area contributed by atoms with Crippen LogP contribution in [0.4, 0.5) is 0 Å². The summed E-state index contributed by atoms with van der Waals surface area (Å²) in [5, 5.41) is 1.47. The number of carbonyl (C=O) groups excluding carboxylic acids is 1. The van der Waals surface area contributed by atoms with Gasteiger partial charge in [-0.3, -0.25) is 9.78 Å². The molecular weight excluding hydrogens is 262 g/mol. The third kappa shape index (κ3) is 2.02. The van der Waals surface area contributed by atoms with Gasteiger partial charge in [-0.1, -0.05) is 17.7 Å². The molecule has 0 fully saturated rings. The molecule has 4 heteroatoms. The van der Waals surface area contributed by atoms with E-state index in [0.29, 0.717) is 22.1 Å². The van der Waals surface area contributed by atoms with Gasteiger partial charge < -0.3 is 4.42 Å². The molecule has 3 nitrogen and oxygen atoms in total. The lowest BCUT2D eigenvalue weighted by molar-refractivity contribution is 0.101. The van der Waals surface area contributed by atoms with Gasteiger partial charge in [0.15, 0.2) is 5.76 Å². The fraction of sp³-hybridized carbons (Fsp3) is 0.0667. The van der Waals surface area contributed by atoms with Crippen LogP contribution in [0.2, 0.25) is 5.02 Å². The monoisotopic (exact) mass is 271 g/mol. The number of pyridine rings is 1. The Labute approximate surface area is 114 Å². The number of aromatic nitrogens is 1. The zero-order valence-electron chi connectivity index (χ0n) is 10.2. The summed E-state index contributed by atoms with van der Waals surface area (Å²) >= 11 is 5.96. The number of nitrogens with zero attached hydrogens (tertiary/aromatic N) is 1. The van der Waals surface area contributed by atoms with Crippen LogP contribution in [0.25, 0.3) is 11.0 Å². The average molecular weight is 272 g/mol. The quantitative estimate of drug-likeness (QED) is 0.661. The Morgan fingerprint density at radius 2 is 2.11 bits per heavy atom. The Balaban J connectivity index is 2.16. The van der Waals surface area contributed by atoms with Crippen molar-refractivity contribution in [2.75, 3.05) is 0 Å². The predicted octanol–water partition coefficient (Wildman–Crippen LogP) is 4.02. The highest BCUT2D eigenvalue weighted by molar-refractivity contribution is 6.31. The summed E-state index contributed by atoms with van der Waals surface area (Å²) in [6, 6.07) is 10.5. The van der Waals surface area contributed by atoms with Crippen LogP contribution in [0.5, 0.6) is 0 Å². The smallest absolute Gasteiger partial charge is 0.246 e. The van der Waals surface area contributed by atoms with Crippen LogP contribution >= 0.6 is 11.6 Å². The van der Waals surface area contributed by atoms with Gasteiger partial charge in [0.05, 0.1) is 0 Å². The van der Waals surface area contributed by atoms with Crippen LogP contribution in [0, 0.1) is 6.92 Å². The Bertz CT molecular complexity index is 762. The van der Waals surface area contributed by atoms with Gasteiger partial charge >= 0.3 is 0 Å². The summed E-state index contributed by atoms with van der Waals surface area (Å²) in [4.78, 5) is 16.4. The lowest BCUT2D eigenvalue weighted by atomic mass is 10.1. The van der Waals surface area contributed by atoms with Crippen molar-refractivity contribution in [1.82, 2.24) is 4.98 Å². The second kappa shape index (κ2) is 4.52. The van der Waals surface area contributed by atoms with E-state index in [2.05, 4.69) is 4.98 Å². The van der Waals surface area contributed by atoms with E-state index in [1.807, 2.05) is 6.92 Å². The lowest BCUT2D eigenvalue weighted by Crippen LogP contribution is -2.03. The number of rotatable bonds is 2. The number of benzene rings is 1. The van der Waals surface area contributed by atoms with Gasteiger partial charge in [0.1, 0.15) is 11.3 Å². The number of aryl methyl sites for hydroxylation is 1. The Morgan fingerprint density at radius 1 is 1.26 bits per heavy atom. The number of hydrogen-bond acceptors (Lipinski definition) is 3. The molecule has 0 N–H and O–H groups in total. The molecule has 0 aliphatic rings. The summed E-state index contributed by atoms with van der Waals surface area (Å²) in [6.45, 7) is 1.85. The number of halogens is 1. The van der Waals surface area contributed by atoms with E-state index in [0.717, 1.165) is 10.9 Å². The molecule has 94 valence electrons. The molecule has 3 rings (SSSR count). The minimum atomic E-state index is -0.217. The minimum absolute atomic E-state index is 0.217. The van der Waals surface area contributed by atoms with Crippen molar-refractivity contribution < 1.29 is 9.21 Å². The van der Waals surface area contributed by atoms with Crippen molar-refractivity contribution in [3.8, 4) is 0 Å². The third-order valence-electron chi connectivity index (χ3n) is 3.00. The van der Waals surface area contributed by atoms with Crippen molar-refractivity contribution in [1.29, 1.82) is 0 Å². The molecule has 0 unspecified atom stereocenters. The molecule has 0 saturated heterocycles. The van der Waals surface area contributed by atoms with E-state index in [1.54, 1.807) is 42.6 Å². The molecule has 1 aromatic carbocycles. The van der Waals surface area contributed by atoms with Crippen molar-refractivity contribution >= 4 is 28.4 Å². The molecule has 0 bridgehead atoms. The topological polar surface area (TPSA) is 43.1 Å². The van der Waals surface area contributed by atoms with E-state index in [4.69, 9.17) is 16.0 Å². The maximum absolute atomic E-state index is 12.3. The number of fused-ring (bicyclic) bond motifs is 1. The maximum Gasteiger partial charge on any atom is 0.246 e. The summed E-state index contributed by atoms with van der Waals surface area (Å²) in [6.07, 6.45) is 1.59.